The van der Waals surface area contributed by atoms with E-state index in [0.717, 1.165) is 31.4 Å². The molecule has 5 nitrogen and oxygen atoms in total. The highest BCUT2D eigenvalue weighted by atomic mass is 16.5. The summed E-state index contributed by atoms with van der Waals surface area (Å²) in [6.07, 6.45) is 5.47. The minimum atomic E-state index is -0.00274. The number of benzene rings is 1. The number of likely N-dealkylation sites (tertiary alicyclic amines) is 1. The maximum Gasteiger partial charge on any atom is 0.259 e. The van der Waals surface area contributed by atoms with Crippen LogP contribution < -0.4 is 4.74 Å². The highest BCUT2D eigenvalue weighted by Crippen LogP contribution is 2.27. The van der Waals surface area contributed by atoms with Crippen LogP contribution in [-0.4, -0.2) is 41.0 Å². The maximum atomic E-state index is 12.8. The Balaban J connectivity index is 1.49. The minimum absolute atomic E-state index is 0.00274. The fraction of sp³-hybridized carbons (Fsp3) is 0.286. The molecule has 1 amide bonds. The van der Waals surface area contributed by atoms with Crippen LogP contribution in [0.3, 0.4) is 0 Å². The van der Waals surface area contributed by atoms with Gasteiger partial charge in [-0.15, -0.1) is 0 Å². The smallest absolute Gasteiger partial charge is 0.259 e. The maximum absolute atomic E-state index is 12.8. The Bertz CT molecular complexity index is 936. The number of hydrogen-bond acceptors (Lipinski definition) is 4. The molecule has 0 unspecified atom stereocenters. The normalized spacial score (nSPS) is 16.8. The van der Waals surface area contributed by atoms with Crippen molar-refractivity contribution in [1.82, 2.24) is 14.9 Å². The molecule has 3 aromatic rings. The number of carbonyl (C=O) groups is 1. The zero-order chi connectivity index (χ0) is 17.9. The van der Waals surface area contributed by atoms with Crippen LogP contribution in [-0.2, 0) is 6.42 Å². The van der Waals surface area contributed by atoms with E-state index in [9.17, 15) is 4.79 Å². The van der Waals surface area contributed by atoms with E-state index < -0.39 is 0 Å². The Morgan fingerprint density at radius 1 is 1.15 bits per heavy atom. The van der Waals surface area contributed by atoms with Gasteiger partial charge in [-0.3, -0.25) is 9.78 Å². The Morgan fingerprint density at radius 2 is 2.04 bits per heavy atom. The third-order valence-electron chi connectivity index (χ3n) is 5.02. The molecule has 0 aliphatic carbocycles. The average Bonchev–Trinajstić information content (AvgIpc) is 3.16. The summed E-state index contributed by atoms with van der Waals surface area (Å²) < 4.78 is 5.23. The first-order chi connectivity index (χ1) is 12.8. The van der Waals surface area contributed by atoms with Crippen molar-refractivity contribution in [3.8, 4) is 5.88 Å². The lowest BCUT2D eigenvalue weighted by molar-refractivity contribution is 0.0783. The van der Waals surface area contributed by atoms with E-state index in [1.54, 1.807) is 25.4 Å². The summed E-state index contributed by atoms with van der Waals surface area (Å²) in [6, 6.07) is 13.9. The third-order valence-corrected chi connectivity index (χ3v) is 5.02. The number of nitrogens with zero attached hydrogens (tertiary/aromatic N) is 3. The van der Waals surface area contributed by atoms with Crippen LogP contribution in [0.15, 0.2) is 54.9 Å². The number of fused-ring (bicyclic) bond motifs is 1. The summed E-state index contributed by atoms with van der Waals surface area (Å²) in [5.74, 6) is 0.838. The summed E-state index contributed by atoms with van der Waals surface area (Å²) in [7, 11) is 1.54. The van der Waals surface area contributed by atoms with Gasteiger partial charge in [-0.1, -0.05) is 18.2 Å². The molecule has 0 saturated carbocycles. The van der Waals surface area contributed by atoms with E-state index in [4.69, 9.17) is 4.74 Å². The molecule has 1 atom stereocenters. The first kappa shape index (κ1) is 16.5. The summed E-state index contributed by atoms with van der Waals surface area (Å²) in [5, 5.41) is 1.20. The molecule has 3 heterocycles. The number of ether oxygens (including phenoxy) is 1. The molecule has 1 aliphatic heterocycles. The van der Waals surface area contributed by atoms with E-state index in [1.807, 2.05) is 29.3 Å². The predicted molar refractivity (Wildman–Crippen MR) is 100 cm³/mol. The second-order valence-corrected chi connectivity index (χ2v) is 6.66. The van der Waals surface area contributed by atoms with Crippen molar-refractivity contribution in [2.45, 2.75) is 12.8 Å². The highest BCUT2D eigenvalue weighted by molar-refractivity contribution is 5.96. The van der Waals surface area contributed by atoms with Crippen LogP contribution in [0.1, 0.15) is 22.3 Å². The van der Waals surface area contributed by atoms with Gasteiger partial charge in [-0.25, -0.2) is 4.98 Å². The standard InChI is InChI=1S/C21H21N3O2/c1-26-20-18(6-4-10-23-20)21(25)24-12-9-15(14-24)13-16-8-11-22-19-7-3-2-5-17(16)19/h2-8,10-11,15H,9,12-14H2,1H3/t15-/m0/s1. The molecule has 4 rings (SSSR count). The number of hydrogen-bond donors (Lipinski definition) is 0. The minimum Gasteiger partial charge on any atom is -0.480 e. The van der Waals surface area contributed by atoms with Crippen LogP contribution in [0.25, 0.3) is 10.9 Å². The number of pyridine rings is 2. The van der Waals surface area contributed by atoms with Gasteiger partial charge >= 0.3 is 0 Å². The Labute approximate surface area is 152 Å². The number of amides is 1. The molecule has 5 heteroatoms. The molecule has 0 spiro atoms. The highest BCUT2D eigenvalue weighted by Gasteiger charge is 2.29. The lowest BCUT2D eigenvalue weighted by Crippen LogP contribution is -2.29. The van der Waals surface area contributed by atoms with Crippen LogP contribution in [0, 0.1) is 5.92 Å². The lowest BCUT2D eigenvalue weighted by atomic mass is 9.96. The second-order valence-electron chi connectivity index (χ2n) is 6.66. The van der Waals surface area contributed by atoms with Gasteiger partial charge in [-0.2, -0.15) is 0 Å². The summed E-state index contributed by atoms with van der Waals surface area (Å²) in [5.41, 5.74) is 2.86. The molecule has 26 heavy (non-hydrogen) atoms. The molecule has 2 aromatic heterocycles. The number of methoxy groups -OCH3 is 1. The number of aromatic nitrogens is 2. The monoisotopic (exact) mass is 347 g/mol. The van der Waals surface area contributed by atoms with Gasteiger partial charge in [0, 0.05) is 30.9 Å². The zero-order valence-electron chi connectivity index (χ0n) is 14.8. The van der Waals surface area contributed by atoms with Crippen molar-refractivity contribution in [3.05, 3.63) is 66.0 Å². The van der Waals surface area contributed by atoms with Crippen LogP contribution in [0.4, 0.5) is 0 Å². The molecule has 1 aromatic carbocycles. The Hall–Kier alpha value is -2.95. The second kappa shape index (κ2) is 7.12. The van der Waals surface area contributed by atoms with E-state index in [1.165, 1.54) is 10.9 Å². The van der Waals surface area contributed by atoms with Crippen molar-refractivity contribution in [1.29, 1.82) is 0 Å². The van der Waals surface area contributed by atoms with Gasteiger partial charge in [0.05, 0.1) is 12.6 Å². The summed E-state index contributed by atoms with van der Waals surface area (Å²) >= 11 is 0. The van der Waals surface area contributed by atoms with Gasteiger partial charge in [-0.05, 0) is 48.6 Å². The molecule has 132 valence electrons. The number of rotatable bonds is 4. The Kier molecular flexibility index (Phi) is 4.52. The van der Waals surface area contributed by atoms with Crippen molar-refractivity contribution < 1.29 is 9.53 Å². The zero-order valence-corrected chi connectivity index (χ0v) is 14.8. The van der Waals surface area contributed by atoms with Gasteiger partial charge in [0.15, 0.2) is 0 Å². The lowest BCUT2D eigenvalue weighted by Gasteiger charge is -2.18. The SMILES string of the molecule is COc1ncccc1C(=O)N1CC[C@@H](Cc2ccnc3ccccc23)C1. The molecule has 1 fully saturated rings. The van der Waals surface area contributed by atoms with Gasteiger partial charge < -0.3 is 9.64 Å². The number of para-hydroxylation sites is 1. The van der Waals surface area contributed by atoms with Crippen molar-refractivity contribution in [2.75, 3.05) is 20.2 Å². The molecular formula is C21H21N3O2. The van der Waals surface area contributed by atoms with E-state index in [0.29, 0.717) is 17.4 Å². The summed E-state index contributed by atoms with van der Waals surface area (Å²) in [4.78, 5) is 23.3. The molecule has 0 radical (unpaired) electrons. The predicted octanol–water partition coefficient (Wildman–Crippen LogP) is 3.34. The quantitative estimate of drug-likeness (QED) is 0.726. The van der Waals surface area contributed by atoms with Gasteiger partial charge in [0.2, 0.25) is 5.88 Å². The van der Waals surface area contributed by atoms with Crippen molar-refractivity contribution in [2.24, 2.45) is 5.92 Å². The van der Waals surface area contributed by atoms with E-state index >= 15 is 0 Å². The Morgan fingerprint density at radius 3 is 2.92 bits per heavy atom. The molecule has 0 N–H and O–H groups in total. The fourth-order valence-electron chi connectivity index (χ4n) is 3.71. The third kappa shape index (κ3) is 3.12. The molecule has 1 aliphatic rings. The molecule has 1 saturated heterocycles. The average molecular weight is 347 g/mol. The van der Waals surface area contributed by atoms with Crippen LogP contribution >= 0.6 is 0 Å². The van der Waals surface area contributed by atoms with E-state index in [-0.39, 0.29) is 5.91 Å². The van der Waals surface area contributed by atoms with E-state index in [2.05, 4.69) is 22.1 Å². The van der Waals surface area contributed by atoms with Crippen molar-refractivity contribution in [3.63, 3.8) is 0 Å². The summed E-state index contributed by atoms with van der Waals surface area (Å²) in [6.45, 7) is 1.53. The first-order valence-corrected chi connectivity index (χ1v) is 8.87. The van der Waals surface area contributed by atoms with Gasteiger partial charge in [0.1, 0.15) is 5.56 Å². The van der Waals surface area contributed by atoms with Crippen LogP contribution in [0.5, 0.6) is 5.88 Å². The largest absolute Gasteiger partial charge is 0.480 e. The van der Waals surface area contributed by atoms with Crippen LogP contribution in [0.2, 0.25) is 0 Å². The molecular weight excluding hydrogens is 326 g/mol. The fourth-order valence-corrected chi connectivity index (χ4v) is 3.71. The van der Waals surface area contributed by atoms with Gasteiger partial charge in [0.25, 0.3) is 5.91 Å². The number of carbonyl (C=O) groups excluding carboxylic acids is 1. The first-order valence-electron chi connectivity index (χ1n) is 8.87. The van der Waals surface area contributed by atoms with Crippen molar-refractivity contribution >= 4 is 16.8 Å². The molecule has 0 bridgehead atoms. The topological polar surface area (TPSA) is 55.3 Å².